The molecule has 0 spiro atoms. The zero-order chi connectivity index (χ0) is 25.1. The first kappa shape index (κ1) is 26.1. The summed E-state index contributed by atoms with van der Waals surface area (Å²) in [4.78, 5) is 11.3. The van der Waals surface area contributed by atoms with E-state index in [1.54, 1.807) is 22.7 Å². The monoisotopic (exact) mass is 536 g/mol. The van der Waals surface area contributed by atoms with Gasteiger partial charge in [0.25, 0.3) is 0 Å². The highest BCUT2D eigenvalue weighted by atomic mass is 32.1. The summed E-state index contributed by atoms with van der Waals surface area (Å²) in [6.07, 6.45) is 6.50. The lowest BCUT2D eigenvalue weighted by molar-refractivity contribution is 0.632. The zero-order valence-electron chi connectivity index (χ0n) is 21.2. The summed E-state index contributed by atoms with van der Waals surface area (Å²) >= 11 is 3.53. The minimum absolute atomic E-state index is 0.954. The molecule has 37 heavy (non-hydrogen) atoms. The van der Waals surface area contributed by atoms with Crippen LogP contribution in [0.25, 0.3) is 0 Å². The normalized spacial score (nSPS) is 17.1. The fourth-order valence-electron chi connectivity index (χ4n) is 4.66. The number of nitrogens with one attached hydrogen (secondary N) is 5. The van der Waals surface area contributed by atoms with Crippen molar-refractivity contribution < 1.29 is 0 Å². The van der Waals surface area contributed by atoms with Crippen molar-refractivity contribution in [1.82, 2.24) is 41.4 Å². The molecule has 0 saturated carbocycles. The Morgan fingerprint density at radius 1 is 0.595 bits per heavy atom. The lowest BCUT2D eigenvalue weighted by Crippen LogP contribution is -2.23. The third kappa shape index (κ3) is 7.53. The zero-order valence-corrected chi connectivity index (χ0v) is 22.8. The molecule has 0 unspecified atom stereocenters. The second kappa shape index (κ2) is 13.9. The Hall–Kier alpha value is -2.47. The van der Waals surface area contributed by atoms with Gasteiger partial charge in [-0.15, -0.1) is 22.7 Å². The summed E-state index contributed by atoms with van der Waals surface area (Å²) in [7, 11) is 0. The highest BCUT2D eigenvalue weighted by Gasteiger charge is 2.10. The molecule has 0 fully saturated rings. The number of H-pyrrole nitrogens is 1. The predicted molar refractivity (Wildman–Crippen MR) is 151 cm³/mol. The van der Waals surface area contributed by atoms with E-state index in [4.69, 9.17) is 0 Å². The van der Waals surface area contributed by atoms with Gasteiger partial charge < -0.3 is 21.3 Å². The molecule has 0 atom stereocenters. The van der Waals surface area contributed by atoms with Crippen LogP contribution in [0.5, 0.6) is 0 Å². The van der Waals surface area contributed by atoms with E-state index in [0.717, 1.165) is 65.2 Å². The van der Waals surface area contributed by atoms with E-state index in [0.29, 0.717) is 0 Å². The molecule has 0 saturated heterocycles. The molecule has 1 aromatic carbocycles. The molecule has 4 aliphatic heterocycles. The summed E-state index contributed by atoms with van der Waals surface area (Å²) in [5.74, 6) is 0. The number of benzene rings is 1. The van der Waals surface area contributed by atoms with Crippen LogP contribution in [0, 0.1) is 0 Å². The minimum atomic E-state index is 0.954. The fourth-order valence-corrected chi connectivity index (χ4v) is 6.23. The second-order valence-electron chi connectivity index (χ2n) is 9.29. The van der Waals surface area contributed by atoms with Gasteiger partial charge in [0.05, 0.1) is 34.3 Å². The maximum absolute atomic E-state index is 4.24. The standard InChI is InChI=1S/C9H11N.C6H9N3.2C6H8N2S/c1-2-4-9-7-10-6-5-8(9)3-1;1-2-7-4-6-5(1)3-8-9-6;1-2-7-3-5-6(1)9-4-8-5;1-2-7-3-6-5(1)8-4-9-6/h1-4,10H,5-7H2;3,7H,1-2,4H2,(H,8,9);2*4,7H,1-3H2. The number of hydrogen-bond acceptors (Lipinski definition) is 9. The van der Waals surface area contributed by atoms with Crippen LogP contribution in [-0.4, -0.2) is 46.3 Å². The number of aromatic nitrogens is 4. The quantitative estimate of drug-likeness (QED) is 0.236. The van der Waals surface area contributed by atoms with E-state index in [2.05, 4.69) is 65.7 Å². The molecule has 8 rings (SSSR count). The summed E-state index contributed by atoms with van der Waals surface area (Å²) in [5.41, 5.74) is 12.0. The Labute approximate surface area is 226 Å². The molecule has 4 aliphatic rings. The molecule has 0 amide bonds. The van der Waals surface area contributed by atoms with Crippen LogP contribution < -0.4 is 21.3 Å². The van der Waals surface area contributed by atoms with Crippen LogP contribution in [0.3, 0.4) is 0 Å². The molecule has 4 aromatic rings. The second-order valence-corrected chi connectivity index (χ2v) is 11.2. The number of fused-ring (bicyclic) bond motifs is 4. The number of nitrogens with zero attached hydrogens (tertiary/aromatic N) is 3. The van der Waals surface area contributed by atoms with E-state index in [9.17, 15) is 0 Å². The van der Waals surface area contributed by atoms with Crippen molar-refractivity contribution in [2.75, 3.05) is 26.2 Å². The molecule has 0 bridgehead atoms. The summed E-state index contributed by atoms with van der Waals surface area (Å²) in [6, 6.07) is 8.63. The third-order valence-corrected chi connectivity index (χ3v) is 8.59. The van der Waals surface area contributed by atoms with Gasteiger partial charge in [-0.25, -0.2) is 9.97 Å². The minimum Gasteiger partial charge on any atom is -0.312 e. The molecular weight excluding hydrogens is 500 g/mol. The number of rotatable bonds is 0. The van der Waals surface area contributed by atoms with Crippen LogP contribution >= 0.6 is 22.7 Å². The molecule has 7 heterocycles. The number of aromatic amines is 1. The van der Waals surface area contributed by atoms with E-state index in [1.165, 1.54) is 56.4 Å². The lowest BCUT2D eigenvalue weighted by Gasteiger charge is -2.15. The Balaban J connectivity index is 0.000000101. The van der Waals surface area contributed by atoms with Crippen molar-refractivity contribution >= 4 is 22.7 Å². The average Bonchev–Trinajstić information content (AvgIpc) is 3.75. The van der Waals surface area contributed by atoms with Gasteiger partial charge in [0.15, 0.2) is 0 Å². The highest BCUT2D eigenvalue weighted by Crippen LogP contribution is 2.17. The first-order chi connectivity index (χ1) is 18.4. The Kier molecular flexibility index (Phi) is 9.82. The van der Waals surface area contributed by atoms with E-state index >= 15 is 0 Å². The Morgan fingerprint density at radius 3 is 2.08 bits per heavy atom. The predicted octanol–water partition coefficient (Wildman–Crippen LogP) is 2.97. The summed E-state index contributed by atoms with van der Waals surface area (Å²) in [5, 5.41) is 20.0. The molecule has 10 heteroatoms. The molecule has 0 radical (unpaired) electrons. The largest absolute Gasteiger partial charge is 0.312 e. The molecule has 3 aromatic heterocycles. The number of hydrogen-bond donors (Lipinski definition) is 5. The van der Waals surface area contributed by atoms with Crippen LogP contribution in [0.2, 0.25) is 0 Å². The first-order valence-corrected chi connectivity index (χ1v) is 14.9. The molecule has 196 valence electrons. The van der Waals surface area contributed by atoms with Crippen LogP contribution in [0.1, 0.15) is 43.5 Å². The maximum Gasteiger partial charge on any atom is 0.0798 e. The topological polar surface area (TPSA) is 103 Å². The summed E-state index contributed by atoms with van der Waals surface area (Å²) < 4.78 is 0. The van der Waals surface area contributed by atoms with Gasteiger partial charge in [-0.05, 0) is 49.0 Å². The van der Waals surface area contributed by atoms with Gasteiger partial charge in [-0.3, -0.25) is 5.10 Å². The van der Waals surface area contributed by atoms with Crippen LogP contribution in [-0.2, 0) is 51.9 Å². The maximum atomic E-state index is 4.24. The fraction of sp³-hybridized carbons (Fsp3) is 0.444. The van der Waals surface area contributed by atoms with Crippen molar-refractivity contribution in [2.24, 2.45) is 0 Å². The first-order valence-electron chi connectivity index (χ1n) is 13.1. The Morgan fingerprint density at radius 2 is 1.27 bits per heavy atom. The van der Waals surface area contributed by atoms with Crippen molar-refractivity contribution in [3.05, 3.63) is 85.0 Å². The van der Waals surface area contributed by atoms with Crippen molar-refractivity contribution in [1.29, 1.82) is 0 Å². The average molecular weight is 537 g/mol. The van der Waals surface area contributed by atoms with Gasteiger partial charge in [0.2, 0.25) is 0 Å². The smallest absolute Gasteiger partial charge is 0.0798 e. The summed E-state index contributed by atoms with van der Waals surface area (Å²) in [6.45, 7) is 8.44. The number of thiazole rings is 2. The third-order valence-electron chi connectivity index (χ3n) is 6.78. The SMILES string of the molecule is c1ccc2c(c1)CCNC2.c1n[nH]c2c1CCNC2.c1nc2c(s1)CCNC2.c1nc2c(s1)CNCC2. The van der Waals surface area contributed by atoms with Crippen molar-refractivity contribution in [2.45, 2.75) is 51.9 Å². The highest BCUT2D eigenvalue weighted by molar-refractivity contribution is 7.10. The van der Waals surface area contributed by atoms with Crippen LogP contribution in [0.15, 0.2) is 41.5 Å². The van der Waals surface area contributed by atoms with Crippen molar-refractivity contribution in [3.8, 4) is 0 Å². The lowest BCUT2D eigenvalue weighted by atomic mass is 10.0. The van der Waals surface area contributed by atoms with Gasteiger partial charge in [-0.2, -0.15) is 5.10 Å². The van der Waals surface area contributed by atoms with Crippen molar-refractivity contribution in [3.63, 3.8) is 0 Å². The molecular formula is C27H36N8S2. The Bertz CT molecular complexity index is 1030. The van der Waals surface area contributed by atoms with E-state index in [-0.39, 0.29) is 0 Å². The van der Waals surface area contributed by atoms with Gasteiger partial charge >= 0.3 is 0 Å². The van der Waals surface area contributed by atoms with Gasteiger partial charge in [0, 0.05) is 55.4 Å². The molecule has 8 nitrogen and oxygen atoms in total. The molecule has 5 N–H and O–H groups in total. The van der Waals surface area contributed by atoms with Crippen LogP contribution in [0.4, 0.5) is 0 Å². The van der Waals surface area contributed by atoms with E-state index < -0.39 is 0 Å². The van der Waals surface area contributed by atoms with Gasteiger partial charge in [0.1, 0.15) is 0 Å². The van der Waals surface area contributed by atoms with Gasteiger partial charge in [-0.1, -0.05) is 24.3 Å². The van der Waals surface area contributed by atoms with E-state index in [1.807, 2.05) is 17.2 Å². The molecule has 0 aliphatic carbocycles.